The molecule has 0 aromatic carbocycles. The van der Waals surface area contributed by atoms with Gasteiger partial charge in [0.15, 0.2) is 0 Å². The molecule has 0 radical (unpaired) electrons. The molecule has 3 nitrogen and oxygen atoms in total. The Hall–Kier alpha value is -0.800. The van der Waals surface area contributed by atoms with Crippen molar-refractivity contribution in [3.8, 4) is 0 Å². The van der Waals surface area contributed by atoms with Gasteiger partial charge in [-0.15, -0.1) is 0 Å². The number of rotatable bonds is 1. The van der Waals surface area contributed by atoms with Crippen LogP contribution in [0.25, 0.3) is 0 Å². The standard InChI is InChI=1S/C11H15ClN2O/c1-8-7-15-9(2)6-14(8)11-5-3-4-10(12)13-11/h3-5,8-9H,6-7H2,1-2H3. The highest BCUT2D eigenvalue weighted by Crippen LogP contribution is 2.20. The topological polar surface area (TPSA) is 25.4 Å². The van der Waals surface area contributed by atoms with Crippen LogP contribution in [0, 0.1) is 0 Å². The van der Waals surface area contributed by atoms with Gasteiger partial charge in [-0.3, -0.25) is 0 Å². The second-order valence-electron chi connectivity index (χ2n) is 3.96. The number of ether oxygens (including phenoxy) is 1. The fourth-order valence-electron chi connectivity index (χ4n) is 1.78. The van der Waals surface area contributed by atoms with E-state index >= 15 is 0 Å². The SMILES string of the molecule is CC1CN(c2cccc(Cl)n2)C(C)CO1. The van der Waals surface area contributed by atoms with E-state index in [4.69, 9.17) is 16.3 Å². The lowest BCUT2D eigenvalue weighted by Gasteiger charge is -2.37. The first kappa shape index (κ1) is 10.7. The van der Waals surface area contributed by atoms with E-state index < -0.39 is 0 Å². The van der Waals surface area contributed by atoms with E-state index in [1.165, 1.54) is 0 Å². The number of morpholine rings is 1. The molecule has 1 aromatic heterocycles. The lowest BCUT2D eigenvalue weighted by molar-refractivity contribution is 0.0340. The van der Waals surface area contributed by atoms with E-state index in [0.717, 1.165) is 19.0 Å². The number of hydrogen-bond donors (Lipinski definition) is 0. The summed E-state index contributed by atoms with van der Waals surface area (Å²) in [5.74, 6) is 0.935. The highest BCUT2D eigenvalue weighted by Gasteiger charge is 2.24. The van der Waals surface area contributed by atoms with Crippen molar-refractivity contribution in [2.45, 2.75) is 26.0 Å². The van der Waals surface area contributed by atoms with Crippen molar-refractivity contribution in [2.75, 3.05) is 18.1 Å². The largest absolute Gasteiger partial charge is 0.375 e. The third kappa shape index (κ3) is 2.41. The van der Waals surface area contributed by atoms with Gasteiger partial charge in [0.25, 0.3) is 0 Å². The van der Waals surface area contributed by atoms with Gasteiger partial charge in [-0.05, 0) is 26.0 Å². The van der Waals surface area contributed by atoms with Crippen LogP contribution in [0.3, 0.4) is 0 Å². The Morgan fingerprint density at radius 1 is 1.47 bits per heavy atom. The van der Waals surface area contributed by atoms with Crippen LogP contribution >= 0.6 is 11.6 Å². The molecule has 82 valence electrons. The second-order valence-corrected chi connectivity index (χ2v) is 4.35. The highest BCUT2D eigenvalue weighted by atomic mass is 35.5. The van der Waals surface area contributed by atoms with Crippen molar-refractivity contribution in [1.82, 2.24) is 4.98 Å². The predicted molar refractivity (Wildman–Crippen MR) is 61.5 cm³/mol. The van der Waals surface area contributed by atoms with Gasteiger partial charge in [0.1, 0.15) is 11.0 Å². The third-order valence-corrected chi connectivity index (χ3v) is 2.81. The van der Waals surface area contributed by atoms with E-state index in [0.29, 0.717) is 11.2 Å². The molecule has 1 saturated heterocycles. The lowest BCUT2D eigenvalue weighted by atomic mass is 10.2. The van der Waals surface area contributed by atoms with E-state index in [9.17, 15) is 0 Å². The zero-order valence-corrected chi connectivity index (χ0v) is 9.74. The summed E-state index contributed by atoms with van der Waals surface area (Å²) in [5, 5.41) is 0.541. The molecule has 2 atom stereocenters. The Balaban J connectivity index is 2.21. The molecule has 0 aliphatic carbocycles. The molecule has 1 aliphatic rings. The number of hydrogen-bond acceptors (Lipinski definition) is 3. The van der Waals surface area contributed by atoms with Gasteiger partial charge in [-0.1, -0.05) is 17.7 Å². The number of aromatic nitrogens is 1. The molecule has 1 fully saturated rings. The summed E-state index contributed by atoms with van der Waals surface area (Å²) in [6, 6.07) is 6.06. The summed E-state index contributed by atoms with van der Waals surface area (Å²) >= 11 is 5.88. The van der Waals surface area contributed by atoms with Crippen molar-refractivity contribution in [1.29, 1.82) is 0 Å². The molecule has 2 rings (SSSR count). The average molecular weight is 227 g/mol. The van der Waals surface area contributed by atoms with Crippen molar-refractivity contribution in [3.63, 3.8) is 0 Å². The highest BCUT2D eigenvalue weighted by molar-refractivity contribution is 6.29. The summed E-state index contributed by atoms with van der Waals surface area (Å²) in [6.07, 6.45) is 0.252. The molecule has 4 heteroatoms. The maximum absolute atomic E-state index is 5.88. The first-order valence-electron chi connectivity index (χ1n) is 5.17. The summed E-state index contributed by atoms with van der Waals surface area (Å²) in [4.78, 5) is 6.55. The van der Waals surface area contributed by atoms with Gasteiger partial charge in [0.2, 0.25) is 0 Å². The zero-order chi connectivity index (χ0) is 10.8. The first-order chi connectivity index (χ1) is 7.16. The molecule has 2 heterocycles. The molecule has 0 amide bonds. The zero-order valence-electron chi connectivity index (χ0n) is 8.98. The van der Waals surface area contributed by atoms with Gasteiger partial charge in [-0.2, -0.15) is 0 Å². The summed E-state index contributed by atoms with van der Waals surface area (Å²) in [5.41, 5.74) is 0. The molecule has 0 bridgehead atoms. The number of anilines is 1. The first-order valence-corrected chi connectivity index (χ1v) is 5.55. The number of pyridine rings is 1. The molecule has 0 N–H and O–H groups in total. The number of nitrogens with zero attached hydrogens (tertiary/aromatic N) is 2. The van der Waals surface area contributed by atoms with Crippen LogP contribution in [-0.2, 0) is 4.74 Å². The maximum Gasteiger partial charge on any atom is 0.131 e. The van der Waals surface area contributed by atoms with Crippen LogP contribution in [0.4, 0.5) is 5.82 Å². The Morgan fingerprint density at radius 3 is 3.00 bits per heavy atom. The fraction of sp³-hybridized carbons (Fsp3) is 0.545. The van der Waals surface area contributed by atoms with Crippen LogP contribution < -0.4 is 4.90 Å². The van der Waals surface area contributed by atoms with Gasteiger partial charge in [0, 0.05) is 6.54 Å². The van der Waals surface area contributed by atoms with Crippen molar-refractivity contribution in [2.24, 2.45) is 0 Å². The lowest BCUT2D eigenvalue weighted by Crippen LogP contribution is -2.47. The van der Waals surface area contributed by atoms with Crippen LogP contribution in [0.5, 0.6) is 0 Å². The fourth-order valence-corrected chi connectivity index (χ4v) is 1.94. The molecular weight excluding hydrogens is 212 g/mol. The minimum Gasteiger partial charge on any atom is -0.375 e. The van der Waals surface area contributed by atoms with Gasteiger partial charge < -0.3 is 9.64 Å². The molecule has 0 spiro atoms. The third-order valence-electron chi connectivity index (χ3n) is 2.60. The van der Waals surface area contributed by atoms with Crippen LogP contribution in [0.2, 0.25) is 5.15 Å². The molecule has 15 heavy (non-hydrogen) atoms. The van der Waals surface area contributed by atoms with E-state index in [1.54, 1.807) is 6.07 Å². The van der Waals surface area contributed by atoms with Gasteiger partial charge in [-0.25, -0.2) is 4.98 Å². The van der Waals surface area contributed by atoms with Gasteiger partial charge >= 0.3 is 0 Å². The minimum atomic E-state index is 0.252. The molecular formula is C11H15ClN2O. The Labute approximate surface area is 95.0 Å². The Morgan fingerprint density at radius 2 is 2.27 bits per heavy atom. The molecule has 2 unspecified atom stereocenters. The number of halogens is 1. The van der Waals surface area contributed by atoms with Gasteiger partial charge in [0.05, 0.1) is 18.8 Å². The Kier molecular flexibility index (Phi) is 3.12. The smallest absolute Gasteiger partial charge is 0.131 e. The minimum absolute atomic E-state index is 0.252. The summed E-state index contributed by atoms with van der Waals surface area (Å²) in [7, 11) is 0. The molecule has 0 saturated carbocycles. The van der Waals surface area contributed by atoms with Crippen molar-refractivity contribution >= 4 is 17.4 Å². The van der Waals surface area contributed by atoms with E-state index in [1.807, 2.05) is 12.1 Å². The van der Waals surface area contributed by atoms with Crippen LogP contribution in [0.1, 0.15) is 13.8 Å². The monoisotopic (exact) mass is 226 g/mol. The predicted octanol–water partition coefficient (Wildman–Crippen LogP) is 2.35. The summed E-state index contributed by atoms with van der Waals surface area (Å²) < 4.78 is 5.57. The molecule has 1 aromatic rings. The summed E-state index contributed by atoms with van der Waals surface area (Å²) in [6.45, 7) is 5.82. The van der Waals surface area contributed by atoms with Crippen LogP contribution in [-0.4, -0.2) is 30.3 Å². The van der Waals surface area contributed by atoms with Crippen LogP contribution in [0.15, 0.2) is 18.2 Å². The van der Waals surface area contributed by atoms with E-state index in [2.05, 4.69) is 23.7 Å². The van der Waals surface area contributed by atoms with E-state index in [-0.39, 0.29) is 6.10 Å². The second kappa shape index (κ2) is 4.37. The molecule has 1 aliphatic heterocycles. The van der Waals surface area contributed by atoms with Crippen molar-refractivity contribution < 1.29 is 4.74 Å². The average Bonchev–Trinajstić information content (AvgIpc) is 2.22. The quantitative estimate of drug-likeness (QED) is 0.688. The van der Waals surface area contributed by atoms with Crippen molar-refractivity contribution in [3.05, 3.63) is 23.4 Å². The Bertz CT molecular complexity index is 345. The maximum atomic E-state index is 5.88. The normalized spacial score (nSPS) is 26.7.